The van der Waals surface area contributed by atoms with E-state index in [1.54, 1.807) is 12.1 Å². The zero-order valence-corrected chi connectivity index (χ0v) is 6.69. The number of nitrogens with one attached hydrogen (secondary N) is 1. The Morgan fingerprint density at radius 2 is 1.50 bits per heavy atom. The molecule has 0 fully saturated rings. The van der Waals surface area contributed by atoms with E-state index in [-0.39, 0.29) is 49.4 Å². The first-order chi connectivity index (χ1) is 3.39. The van der Waals surface area contributed by atoms with E-state index in [0.717, 1.165) is 0 Å². The van der Waals surface area contributed by atoms with Gasteiger partial charge in [-0.25, -0.2) is 0 Å². The minimum Gasteiger partial charge on any atom is -0.699 e. The van der Waals surface area contributed by atoms with E-state index in [9.17, 15) is 0 Å². The molecule has 1 aromatic rings. The molecule has 1 N–H and O–H groups in total. The molecular weight excluding hydrogens is 238 g/mol. The van der Waals surface area contributed by atoms with E-state index in [1.807, 2.05) is 18.2 Å². The van der Waals surface area contributed by atoms with Crippen molar-refractivity contribution < 1.29 is 49.4 Å². The smallest absolute Gasteiger partial charge is 0 e. The van der Waals surface area contributed by atoms with Gasteiger partial charge in [0.05, 0.1) is 0 Å². The summed E-state index contributed by atoms with van der Waals surface area (Å²) in [5, 5.41) is 0. The van der Waals surface area contributed by atoms with Crippen LogP contribution in [0.3, 0.4) is 0 Å². The van der Waals surface area contributed by atoms with Crippen LogP contribution >= 0.6 is 0 Å². The standard InChI is InChI=1S/C6H6N.Eu/c7-6-4-2-1-3-5-6;/h1-5,7H;/q-1;. The molecule has 0 aliphatic carbocycles. The SMILES string of the molecule is [Eu].[NH-]c1ccccc1. The van der Waals surface area contributed by atoms with Gasteiger partial charge >= 0.3 is 0 Å². The van der Waals surface area contributed by atoms with Crippen molar-refractivity contribution in [1.82, 2.24) is 0 Å². The maximum Gasteiger partial charge on any atom is 0 e. The van der Waals surface area contributed by atoms with Crippen LogP contribution in [0.1, 0.15) is 0 Å². The molecule has 0 heterocycles. The van der Waals surface area contributed by atoms with Gasteiger partial charge in [-0.2, -0.15) is 0 Å². The minimum atomic E-state index is 0. The molecule has 8 heavy (non-hydrogen) atoms. The van der Waals surface area contributed by atoms with Crippen molar-refractivity contribution >= 4 is 5.69 Å². The fourth-order valence-electron chi connectivity index (χ4n) is 0.438. The summed E-state index contributed by atoms with van der Waals surface area (Å²) in [6, 6.07) is 9.10. The molecule has 1 nitrogen and oxygen atoms in total. The molecule has 1 radical (unpaired) electrons. The van der Waals surface area contributed by atoms with Crippen LogP contribution in [0.5, 0.6) is 0 Å². The predicted molar refractivity (Wildman–Crippen MR) is 30.4 cm³/mol. The second-order valence-corrected chi connectivity index (χ2v) is 1.37. The third kappa shape index (κ3) is 2.80. The van der Waals surface area contributed by atoms with Crippen LogP contribution in [0, 0.1) is 49.4 Å². The molecule has 0 aromatic heterocycles. The number of hydrogen-bond acceptors (Lipinski definition) is 0. The zero-order chi connectivity index (χ0) is 5.11. The average Bonchev–Trinajstić information content (AvgIpc) is 1.69. The van der Waals surface area contributed by atoms with Gasteiger partial charge in [-0.15, -0.1) is 5.69 Å². The molecule has 1 aromatic carbocycles. The van der Waals surface area contributed by atoms with Crippen molar-refractivity contribution in [3.8, 4) is 0 Å². The Morgan fingerprint density at radius 3 is 1.75 bits per heavy atom. The van der Waals surface area contributed by atoms with Crippen LogP contribution in [0.4, 0.5) is 5.69 Å². The number of hydrogen-bond donors (Lipinski definition) is 0. The van der Waals surface area contributed by atoms with E-state index in [1.165, 1.54) is 0 Å². The summed E-state index contributed by atoms with van der Waals surface area (Å²) in [6.07, 6.45) is 0. The van der Waals surface area contributed by atoms with Crippen molar-refractivity contribution in [2.45, 2.75) is 0 Å². The minimum absolute atomic E-state index is 0. The molecular formula is C6H6EuN-. The Balaban J connectivity index is 0.000000490. The molecule has 0 bridgehead atoms. The van der Waals surface area contributed by atoms with Gasteiger partial charge in [0.25, 0.3) is 0 Å². The van der Waals surface area contributed by atoms with E-state index in [0.29, 0.717) is 5.69 Å². The fourth-order valence-corrected chi connectivity index (χ4v) is 0.438. The number of benzene rings is 1. The van der Waals surface area contributed by atoms with Gasteiger partial charge in [-0.3, -0.25) is 0 Å². The van der Waals surface area contributed by atoms with E-state index >= 15 is 0 Å². The van der Waals surface area contributed by atoms with Gasteiger partial charge < -0.3 is 5.73 Å². The molecule has 0 spiro atoms. The van der Waals surface area contributed by atoms with Crippen LogP contribution in [0.15, 0.2) is 30.3 Å². The second kappa shape index (κ2) is 4.48. The van der Waals surface area contributed by atoms with Crippen molar-refractivity contribution in [2.24, 2.45) is 0 Å². The van der Waals surface area contributed by atoms with Gasteiger partial charge in [0.1, 0.15) is 0 Å². The summed E-state index contributed by atoms with van der Waals surface area (Å²) in [4.78, 5) is 0. The van der Waals surface area contributed by atoms with Crippen LogP contribution in [-0.2, 0) is 0 Å². The van der Waals surface area contributed by atoms with E-state index < -0.39 is 0 Å². The van der Waals surface area contributed by atoms with Gasteiger partial charge in [0, 0.05) is 49.4 Å². The van der Waals surface area contributed by atoms with Gasteiger partial charge in [0.2, 0.25) is 0 Å². The molecule has 0 amide bonds. The van der Waals surface area contributed by atoms with E-state index in [2.05, 4.69) is 0 Å². The Morgan fingerprint density at radius 1 is 1.00 bits per heavy atom. The first-order valence-corrected chi connectivity index (χ1v) is 2.16. The summed E-state index contributed by atoms with van der Waals surface area (Å²) < 4.78 is 0. The normalized spacial score (nSPS) is 7.50. The maximum atomic E-state index is 7.00. The molecule has 0 aliphatic rings. The quantitative estimate of drug-likeness (QED) is 0.669. The Kier molecular flexibility index (Phi) is 4.82. The summed E-state index contributed by atoms with van der Waals surface area (Å²) in [5.74, 6) is 0. The monoisotopic (exact) mass is 245 g/mol. The molecule has 1 rings (SSSR count). The topological polar surface area (TPSA) is 23.8 Å². The average molecular weight is 244 g/mol. The fraction of sp³-hybridized carbons (Fsp3) is 0. The van der Waals surface area contributed by atoms with Gasteiger partial charge in [-0.1, -0.05) is 30.3 Å². The van der Waals surface area contributed by atoms with Crippen LogP contribution in [-0.4, -0.2) is 0 Å². The summed E-state index contributed by atoms with van der Waals surface area (Å²) in [5.41, 5.74) is 7.57. The summed E-state index contributed by atoms with van der Waals surface area (Å²) in [6.45, 7) is 0. The third-order valence-corrected chi connectivity index (χ3v) is 0.774. The van der Waals surface area contributed by atoms with Crippen molar-refractivity contribution in [3.63, 3.8) is 0 Å². The largest absolute Gasteiger partial charge is 0.699 e. The molecule has 0 unspecified atom stereocenters. The Bertz CT molecular complexity index is 138. The van der Waals surface area contributed by atoms with E-state index in [4.69, 9.17) is 5.73 Å². The molecule has 43 valence electrons. The first-order valence-electron chi connectivity index (χ1n) is 2.16. The molecule has 0 atom stereocenters. The molecule has 0 saturated heterocycles. The van der Waals surface area contributed by atoms with Crippen LogP contribution in [0.2, 0.25) is 0 Å². The van der Waals surface area contributed by atoms with Gasteiger partial charge in [-0.05, 0) is 0 Å². The first kappa shape index (κ1) is 8.60. The summed E-state index contributed by atoms with van der Waals surface area (Å²) in [7, 11) is 0. The Hall–Kier alpha value is 0.604. The maximum absolute atomic E-state index is 7.00. The molecule has 0 aliphatic heterocycles. The third-order valence-electron chi connectivity index (χ3n) is 0.774. The molecule has 0 saturated carbocycles. The van der Waals surface area contributed by atoms with Crippen molar-refractivity contribution in [3.05, 3.63) is 36.1 Å². The summed E-state index contributed by atoms with van der Waals surface area (Å²) >= 11 is 0. The van der Waals surface area contributed by atoms with Crippen LogP contribution in [0.25, 0.3) is 5.73 Å². The number of rotatable bonds is 0. The zero-order valence-electron chi connectivity index (χ0n) is 4.26. The predicted octanol–water partition coefficient (Wildman–Crippen LogP) is 2.37. The second-order valence-electron chi connectivity index (χ2n) is 1.37. The molecule has 2 heteroatoms. The van der Waals surface area contributed by atoms with Gasteiger partial charge in [0.15, 0.2) is 0 Å². The Labute approximate surface area is 89.8 Å². The van der Waals surface area contributed by atoms with Crippen molar-refractivity contribution in [2.75, 3.05) is 0 Å². The van der Waals surface area contributed by atoms with Crippen molar-refractivity contribution in [1.29, 1.82) is 0 Å². The van der Waals surface area contributed by atoms with Crippen LogP contribution < -0.4 is 0 Å².